The molecular weight excluding hydrogens is 218 g/mol. The van der Waals surface area contributed by atoms with Crippen LogP contribution in [0.3, 0.4) is 0 Å². The van der Waals surface area contributed by atoms with Crippen LogP contribution in [-0.4, -0.2) is 23.2 Å². The second-order valence-corrected chi connectivity index (χ2v) is 4.86. The van der Waals surface area contributed by atoms with Crippen LogP contribution in [0.15, 0.2) is 6.20 Å². The molecule has 1 N–H and O–H groups in total. The largest absolute Gasteiger partial charge is 0.494 e. The zero-order chi connectivity index (χ0) is 12.0. The summed E-state index contributed by atoms with van der Waals surface area (Å²) in [6.07, 6.45) is 6.41. The van der Waals surface area contributed by atoms with Crippen molar-refractivity contribution in [3.05, 3.63) is 23.0 Å². The predicted molar refractivity (Wildman–Crippen MR) is 61.7 cm³/mol. The minimum absolute atomic E-state index is 0.0544. The summed E-state index contributed by atoms with van der Waals surface area (Å²) in [5.74, 6) is 0.548. The van der Waals surface area contributed by atoms with E-state index in [0.717, 1.165) is 18.4 Å². The quantitative estimate of drug-likeness (QED) is 0.868. The molecule has 2 saturated carbocycles. The molecule has 0 saturated heterocycles. The topological polar surface area (TPSA) is 59.4 Å². The van der Waals surface area contributed by atoms with E-state index >= 15 is 0 Å². The first-order valence-corrected chi connectivity index (χ1v) is 6.02. The fourth-order valence-electron chi connectivity index (χ4n) is 2.39. The molecule has 4 nitrogen and oxygen atoms in total. The van der Waals surface area contributed by atoms with E-state index in [1.165, 1.54) is 25.5 Å². The van der Waals surface area contributed by atoms with E-state index in [9.17, 15) is 4.79 Å². The van der Waals surface area contributed by atoms with Gasteiger partial charge in [0.05, 0.1) is 7.11 Å². The molecule has 2 aliphatic carbocycles. The van der Waals surface area contributed by atoms with E-state index in [0.29, 0.717) is 17.6 Å². The Hall–Kier alpha value is -1.58. The molecule has 4 heteroatoms. The van der Waals surface area contributed by atoms with E-state index < -0.39 is 5.97 Å². The summed E-state index contributed by atoms with van der Waals surface area (Å²) >= 11 is 0. The average molecular weight is 233 g/mol. The highest BCUT2D eigenvalue weighted by atomic mass is 16.5. The van der Waals surface area contributed by atoms with Gasteiger partial charge in [-0.2, -0.15) is 0 Å². The van der Waals surface area contributed by atoms with Crippen LogP contribution in [-0.2, 0) is 0 Å². The lowest BCUT2D eigenvalue weighted by atomic mass is 9.99. The summed E-state index contributed by atoms with van der Waals surface area (Å²) in [4.78, 5) is 15.2. The highest BCUT2D eigenvalue weighted by Crippen LogP contribution is 2.52. The summed E-state index contributed by atoms with van der Waals surface area (Å²) in [5.41, 5.74) is 2.38. The van der Waals surface area contributed by atoms with E-state index in [2.05, 4.69) is 4.98 Å². The highest BCUT2D eigenvalue weighted by molar-refractivity contribution is 5.89. The van der Waals surface area contributed by atoms with E-state index in [1.807, 2.05) is 0 Å². The molecule has 0 spiro atoms. The Bertz CT molecular complexity index is 476. The molecule has 2 aliphatic rings. The fraction of sp³-hybridized carbons (Fsp3) is 0.538. The number of aromatic nitrogens is 1. The molecule has 3 rings (SSSR count). The molecule has 0 aromatic carbocycles. The lowest BCUT2D eigenvalue weighted by Gasteiger charge is -2.14. The Labute approximate surface area is 99.6 Å². The minimum atomic E-state index is -1.01. The van der Waals surface area contributed by atoms with Gasteiger partial charge in [-0.3, -0.25) is 0 Å². The van der Waals surface area contributed by atoms with Crippen LogP contribution < -0.4 is 4.74 Å². The van der Waals surface area contributed by atoms with Crippen molar-refractivity contribution in [1.82, 2.24) is 4.98 Å². The van der Waals surface area contributed by atoms with Crippen LogP contribution in [0.25, 0.3) is 0 Å². The molecule has 90 valence electrons. The van der Waals surface area contributed by atoms with Gasteiger partial charge in [0.15, 0.2) is 11.4 Å². The van der Waals surface area contributed by atoms with Crippen LogP contribution in [0.5, 0.6) is 5.75 Å². The van der Waals surface area contributed by atoms with Crippen molar-refractivity contribution in [2.24, 2.45) is 0 Å². The number of ether oxygens (including phenoxy) is 1. The number of carboxylic acid groups (broad SMARTS) is 1. The minimum Gasteiger partial charge on any atom is -0.494 e. The molecule has 1 aromatic rings. The van der Waals surface area contributed by atoms with Gasteiger partial charge in [-0.1, -0.05) is 0 Å². The maximum Gasteiger partial charge on any atom is 0.358 e. The number of hydrogen-bond acceptors (Lipinski definition) is 3. The smallest absolute Gasteiger partial charge is 0.358 e. The molecule has 2 fully saturated rings. The van der Waals surface area contributed by atoms with Crippen molar-refractivity contribution in [1.29, 1.82) is 0 Å². The van der Waals surface area contributed by atoms with E-state index in [4.69, 9.17) is 9.84 Å². The lowest BCUT2D eigenvalue weighted by Crippen LogP contribution is -2.08. The number of methoxy groups -OCH3 is 1. The van der Waals surface area contributed by atoms with E-state index in [-0.39, 0.29) is 5.69 Å². The van der Waals surface area contributed by atoms with Crippen LogP contribution in [0.4, 0.5) is 0 Å². The SMILES string of the molecule is COc1c(C(=O)O)ncc(C2CC2)c1C1CC1. The monoisotopic (exact) mass is 233 g/mol. The third-order valence-corrected chi connectivity index (χ3v) is 3.51. The zero-order valence-electron chi connectivity index (χ0n) is 9.77. The normalized spacial score (nSPS) is 19.1. The molecule has 0 radical (unpaired) electrons. The molecular formula is C13H15NO3. The summed E-state index contributed by atoms with van der Waals surface area (Å²) < 4.78 is 5.31. The number of carbonyl (C=O) groups is 1. The van der Waals surface area contributed by atoms with Crippen molar-refractivity contribution < 1.29 is 14.6 Å². The Kier molecular flexibility index (Phi) is 2.31. The fourth-order valence-corrected chi connectivity index (χ4v) is 2.39. The predicted octanol–water partition coefficient (Wildman–Crippen LogP) is 2.54. The van der Waals surface area contributed by atoms with Crippen molar-refractivity contribution in [2.75, 3.05) is 7.11 Å². The molecule has 17 heavy (non-hydrogen) atoms. The van der Waals surface area contributed by atoms with Gasteiger partial charge in [0, 0.05) is 11.8 Å². The van der Waals surface area contributed by atoms with E-state index in [1.54, 1.807) is 6.20 Å². The molecule has 0 unspecified atom stereocenters. The van der Waals surface area contributed by atoms with Gasteiger partial charge in [0.25, 0.3) is 0 Å². The molecule has 0 aliphatic heterocycles. The summed E-state index contributed by atoms with van der Waals surface area (Å²) in [7, 11) is 1.53. The number of pyridine rings is 1. The van der Waals surface area contributed by atoms with Crippen molar-refractivity contribution >= 4 is 5.97 Å². The lowest BCUT2D eigenvalue weighted by molar-refractivity contribution is 0.0686. The second kappa shape index (κ2) is 3.72. The van der Waals surface area contributed by atoms with Gasteiger partial charge in [-0.25, -0.2) is 9.78 Å². The van der Waals surface area contributed by atoms with Crippen LogP contribution >= 0.6 is 0 Å². The molecule has 0 amide bonds. The van der Waals surface area contributed by atoms with Crippen molar-refractivity contribution in [3.63, 3.8) is 0 Å². The van der Waals surface area contributed by atoms with Gasteiger partial charge >= 0.3 is 5.97 Å². The molecule has 1 aromatic heterocycles. The van der Waals surface area contributed by atoms with Crippen molar-refractivity contribution in [3.8, 4) is 5.75 Å². The Balaban J connectivity index is 2.15. The Morgan fingerprint density at radius 1 is 1.35 bits per heavy atom. The van der Waals surface area contributed by atoms with Crippen LogP contribution in [0.1, 0.15) is 59.1 Å². The van der Waals surface area contributed by atoms with Gasteiger partial charge in [-0.15, -0.1) is 0 Å². The standard InChI is InChI=1S/C13H15NO3/c1-17-12-10(8-4-5-8)9(7-2-3-7)6-14-11(12)13(15)16/h6-8H,2-5H2,1H3,(H,15,16). The molecule has 0 bridgehead atoms. The summed E-state index contributed by atoms with van der Waals surface area (Å²) in [6, 6.07) is 0. The highest BCUT2D eigenvalue weighted by Gasteiger charge is 2.37. The first-order chi connectivity index (χ1) is 8.22. The number of rotatable bonds is 4. The van der Waals surface area contributed by atoms with Gasteiger partial charge in [0.1, 0.15) is 0 Å². The Morgan fingerprint density at radius 2 is 2.00 bits per heavy atom. The van der Waals surface area contributed by atoms with Crippen molar-refractivity contribution in [2.45, 2.75) is 37.5 Å². The summed E-state index contributed by atoms with van der Waals surface area (Å²) in [5, 5.41) is 9.13. The number of hydrogen-bond donors (Lipinski definition) is 1. The maximum absolute atomic E-state index is 11.1. The van der Waals surface area contributed by atoms with Crippen LogP contribution in [0, 0.1) is 0 Å². The maximum atomic E-state index is 11.1. The third kappa shape index (κ3) is 1.77. The van der Waals surface area contributed by atoms with Gasteiger partial charge in [-0.05, 0) is 43.1 Å². The van der Waals surface area contributed by atoms with Gasteiger partial charge < -0.3 is 9.84 Å². The Morgan fingerprint density at radius 3 is 2.47 bits per heavy atom. The number of nitrogens with zero attached hydrogens (tertiary/aromatic N) is 1. The first-order valence-electron chi connectivity index (χ1n) is 6.02. The average Bonchev–Trinajstić information content (AvgIpc) is 3.18. The second-order valence-electron chi connectivity index (χ2n) is 4.86. The number of carboxylic acids is 1. The zero-order valence-corrected chi connectivity index (χ0v) is 9.77. The first kappa shape index (κ1) is 10.6. The summed E-state index contributed by atoms with van der Waals surface area (Å²) in [6.45, 7) is 0. The third-order valence-electron chi connectivity index (χ3n) is 3.51. The van der Waals surface area contributed by atoms with Crippen LogP contribution in [0.2, 0.25) is 0 Å². The number of aromatic carboxylic acids is 1. The van der Waals surface area contributed by atoms with Gasteiger partial charge in [0.2, 0.25) is 0 Å². The molecule has 0 atom stereocenters. The molecule has 1 heterocycles.